The molecule has 0 radical (unpaired) electrons. The summed E-state index contributed by atoms with van der Waals surface area (Å²) >= 11 is 0. The van der Waals surface area contributed by atoms with E-state index >= 15 is 0 Å². The summed E-state index contributed by atoms with van der Waals surface area (Å²) in [6.45, 7) is 4.66. The first kappa shape index (κ1) is 13.2. The zero-order valence-electron chi connectivity index (χ0n) is 10.7. The van der Waals surface area contributed by atoms with Crippen LogP contribution < -0.4 is 0 Å². The van der Waals surface area contributed by atoms with Crippen LogP contribution >= 0.6 is 0 Å². The molecule has 0 atom stereocenters. The van der Waals surface area contributed by atoms with Gasteiger partial charge in [0, 0.05) is 11.1 Å². The summed E-state index contributed by atoms with van der Waals surface area (Å²) in [5.41, 5.74) is 2.45. The molecule has 2 aromatic carbocycles. The maximum absolute atomic E-state index is 12.2. The van der Waals surface area contributed by atoms with Crippen LogP contribution in [0.3, 0.4) is 0 Å². The highest BCUT2D eigenvalue weighted by Crippen LogP contribution is 2.11. The molecule has 2 rings (SSSR count). The van der Waals surface area contributed by atoms with Crippen LogP contribution in [-0.4, -0.2) is 12.4 Å². The fraction of sp³-hybridized carbons (Fsp3) is 0.118. The number of benzene rings is 2. The third-order valence-electron chi connectivity index (χ3n) is 2.76. The van der Waals surface area contributed by atoms with Gasteiger partial charge in [-0.05, 0) is 5.56 Å². The summed E-state index contributed by atoms with van der Waals surface area (Å²) in [5.74, 6) is 0.0409. The molecule has 0 heterocycles. The second-order valence-corrected chi connectivity index (χ2v) is 4.20. The van der Waals surface area contributed by atoms with Gasteiger partial charge in [0.15, 0.2) is 5.78 Å². The van der Waals surface area contributed by atoms with Crippen LogP contribution in [0.5, 0.6) is 0 Å². The number of ketones is 1. The van der Waals surface area contributed by atoms with Crippen molar-refractivity contribution in [1.82, 2.24) is 0 Å². The maximum atomic E-state index is 12.2. The van der Waals surface area contributed by atoms with Crippen molar-refractivity contribution in [3.8, 4) is 0 Å². The minimum Gasteiger partial charge on any atom is -0.373 e. The van der Waals surface area contributed by atoms with Gasteiger partial charge in [0.25, 0.3) is 0 Å². The molecule has 0 bridgehead atoms. The fourth-order valence-electron chi connectivity index (χ4n) is 1.77. The monoisotopic (exact) mass is 252 g/mol. The lowest BCUT2D eigenvalue weighted by molar-refractivity contribution is 0.103. The van der Waals surface area contributed by atoms with Gasteiger partial charge in [-0.2, -0.15) is 0 Å². The standard InChI is InChI=1S/C17H16O2/c1-2-12-19-13-14-8-10-16(11-9-14)17(18)15-6-4-3-5-7-15/h2-11H,1,12-13H2. The van der Waals surface area contributed by atoms with E-state index in [0.717, 1.165) is 5.56 Å². The van der Waals surface area contributed by atoms with Gasteiger partial charge in [-0.15, -0.1) is 6.58 Å². The van der Waals surface area contributed by atoms with Crippen LogP contribution in [0.2, 0.25) is 0 Å². The molecule has 0 unspecified atom stereocenters. The van der Waals surface area contributed by atoms with E-state index in [1.54, 1.807) is 6.08 Å². The Morgan fingerprint density at radius 2 is 1.63 bits per heavy atom. The molecule has 0 aliphatic carbocycles. The van der Waals surface area contributed by atoms with Gasteiger partial charge in [-0.3, -0.25) is 4.79 Å². The molecule has 96 valence electrons. The zero-order chi connectivity index (χ0) is 13.5. The van der Waals surface area contributed by atoms with Crippen molar-refractivity contribution in [3.63, 3.8) is 0 Å². The second-order valence-electron chi connectivity index (χ2n) is 4.20. The molecule has 0 aliphatic heterocycles. The van der Waals surface area contributed by atoms with Gasteiger partial charge in [0.1, 0.15) is 0 Å². The number of hydrogen-bond acceptors (Lipinski definition) is 2. The van der Waals surface area contributed by atoms with Gasteiger partial charge in [0.05, 0.1) is 13.2 Å². The van der Waals surface area contributed by atoms with Crippen molar-refractivity contribution in [2.75, 3.05) is 6.61 Å². The van der Waals surface area contributed by atoms with Crippen molar-refractivity contribution in [3.05, 3.63) is 83.9 Å². The summed E-state index contributed by atoms with van der Waals surface area (Å²) in [6, 6.07) is 16.8. The Hall–Kier alpha value is -2.19. The van der Waals surface area contributed by atoms with Crippen LogP contribution in [0, 0.1) is 0 Å². The Morgan fingerprint density at radius 1 is 1.00 bits per heavy atom. The summed E-state index contributed by atoms with van der Waals surface area (Å²) < 4.78 is 5.35. The molecule has 0 aliphatic rings. The molecule has 0 saturated heterocycles. The van der Waals surface area contributed by atoms with E-state index in [2.05, 4.69) is 6.58 Å². The molecule has 0 fully saturated rings. The first-order valence-corrected chi connectivity index (χ1v) is 6.18. The van der Waals surface area contributed by atoms with E-state index < -0.39 is 0 Å². The zero-order valence-corrected chi connectivity index (χ0v) is 10.7. The number of ether oxygens (including phenoxy) is 1. The number of carbonyl (C=O) groups is 1. The van der Waals surface area contributed by atoms with Crippen LogP contribution in [0.4, 0.5) is 0 Å². The quantitative estimate of drug-likeness (QED) is 0.446. The molecular weight excluding hydrogens is 236 g/mol. The third-order valence-corrected chi connectivity index (χ3v) is 2.76. The predicted octanol–water partition coefficient (Wildman–Crippen LogP) is 3.62. The average molecular weight is 252 g/mol. The van der Waals surface area contributed by atoms with Crippen LogP contribution in [0.1, 0.15) is 21.5 Å². The Kier molecular flexibility index (Phi) is 4.65. The van der Waals surface area contributed by atoms with E-state index in [-0.39, 0.29) is 5.78 Å². The van der Waals surface area contributed by atoms with E-state index in [4.69, 9.17) is 4.74 Å². The average Bonchev–Trinajstić information content (AvgIpc) is 2.48. The highest BCUT2D eigenvalue weighted by atomic mass is 16.5. The fourth-order valence-corrected chi connectivity index (χ4v) is 1.77. The van der Waals surface area contributed by atoms with Crippen molar-refractivity contribution in [1.29, 1.82) is 0 Å². The molecular formula is C17H16O2. The van der Waals surface area contributed by atoms with Crippen LogP contribution in [-0.2, 0) is 11.3 Å². The second kappa shape index (κ2) is 6.66. The number of carbonyl (C=O) groups excluding carboxylic acids is 1. The van der Waals surface area contributed by atoms with Gasteiger partial charge in [-0.25, -0.2) is 0 Å². The summed E-state index contributed by atoms with van der Waals surface area (Å²) in [7, 11) is 0. The van der Waals surface area contributed by atoms with Gasteiger partial charge < -0.3 is 4.74 Å². The molecule has 2 aromatic rings. The topological polar surface area (TPSA) is 26.3 Å². The van der Waals surface area contributed by atoms with Crippen molar-refractivity contribution in [2.24, 2.45) is 0 Å². The normalized spacial score (nSPS) is 10.1. The van der Waals surface area contributed by atoms with Crippen LogP contribution in [0.25, 0.3) is 0 Å². The third kappa shape index (κ3) is 3.63. The lowest BCUT2D eigenvalue weighted by Gasteiger charge is -2.04. The lowest BCUT2D eigenvalue weighted by atomic mass is 10.0. The van der Waals surface area contributed by atoms with Crippen molar-refractivity contribution >= 4 is 5.78 Å². The predicted molar refractivity (Wildman–Crippen MR) is 76.2 cm³/mol. The summed E-state index contributed by atoms with van der Waals surface area (Å²) in [5, 5.41) is 0. The molecule has 2 nitrogen and oxygen atoms in total. The smallest absolute Gasteiger partial charge is 0.193 e. The highest BCUT2D eigenvalue weighted by molar-refractivity contribution is 6.08. The summed E-state index contributed by atoms with van der Waals surface area (Å²) in [6.07, 6.45) is 1.72. The first-order valence-electron chi connectivity index (χ1n) is 6.18. The van der Waals surface area contributed by atoms with E-state index in [9.17, 15) is 4.79 Å². The van der Waals surface area contributed by atoms with Gasteiger partial charge >= 0.3 is 0 Å². The van der Waals surface area contributed by atoms with Crippen LogP contribution in [0.15, 0.2) is 67.3 Å². The number of hydrogen-bond donors (Lipinski definition) is 0. The maximum Gasteiger partial charge on any atom is 0.193 e. The Morgan fingerprint density at radius 3 is 2.26 bits per heavy atom. The van der Waals surface area contributed by atoms with E-state index in [0.29, 0.717) is 24.3 Å². The number of rotatable bonds is 6. The molecule has 2 heteroatoms. The Balaban J connectivity index is 2.06. The highest BCUT2D eigenvalue weighted by Gasteiger charge is 2.07. The van der Waals surface area contributed by atoms with Crippen molar-refractivity contribution < 1.29 is 9.53 Å². The van der Waals surface area contributed by atoms with Crippen molar-refractivity contribution in [2.45, 2.75) is 6.61 Å². The molecule has 0 saturated carbocycles. The first-order chi connectivity index (χ1) is 9.31. The van der Waals surface area contributed by atoms with E-state index in [1.165, 1.54) is 0 Å². The van der Waals surface area contributed by atoms with Gasteiger partial charge in [-0.1, -0.05) is 60.7 Å². The Bertz CT molecular complexity index is 541. The molecule has 0 aromatic heterocycles. The van der Waals surface area contributed by atoms with E-state index in [1.807, 2.05) is 54.6 Å². The largest absolute Gasteiger partial charge is 0.373 e. The minimum absolute atomic E-state index is 0.0409. The lowest BCUT2D eigenvalue weighted by Crippen LogP contribution is -2.01. The molecule has 0 N–H and O–H groups in total. The summed E-state index contributed by atoms with van der Waals surface area (Å²) in [4.78, 5) is 12.2. The van der Waals surface area contributed by atoms with Gasteiger partial charge in [0.2, 0.25) is 0 Å². The molecule has 0 amide bonds. The minimum atomic E-state index is 0.0409. The Labute approximate surface area is 113 Å². The molecule has 19 heavy (non-hydrogen) atoms. The SMILES string of the molecule is C=CCOCc1ccc(C(=O)c2ccccc2)cc1. The molecule has 0 spiro atoms.